The minimum Gasteiger partial charge on any atom is -0.480 e. The zero-order chi connectivity index (χ0) is 16.3. The van der Waals surface area contributed by atoms with Gasteiger partial charge < -0.3 is 10.0 Å². The highest BCUT2D eigenvalue weighted by Gasteiger charge is 2.33. The molecule has 1 N–H and O–H groups in total. The second kappa shape index (κ2) is 6.94. The number of carbonyl (C=O) groups excluding carboxylic acids is 1. The van der Waals surface area contributed by atoms with E-state index in [0.717, 1.165) is 31.4 Å². The predicted octanol–water partition coefficient (Wildman–Crippen LogP) is 2.63. The highest BCUT2D eigenvalue weighted by atomic mass is 16.4. The average Bonchev–Trinajstić information content (AvgIpc) is 2.90. The van der Waals surface area contributed by atoms with E-state index in [9.17, 15) is 14.7 Å². The van der Waals surface area contributed by atoms with Crippen molar-refractivity contribution in [2.45, 2.75) is 65.0 Å². The van der Waals surface area contributed by atoms with E-state index < -0.39 is 12.0 Å². The Morgan fingerprint density at radius 3 is 2.64 bits per heavy atom. The van der Waals surface area contributed by atoms with Gasteiger partial charge in [0.1, 0.15) is 6.04 Å². The van der Waals surface area contributed by atoms with Crippen molar-refractivity contribution in [3.63, 3.8) is 0 Å². The summed E-state index contributed by atoms with van der Waals surface area (Å²) >= 11 is 0. The van der Waals surface area contributed by atoms with Crippen LogP contribution in [-0.4, -0.2) is 44.3 Å². The van der Waals surface area contributed by atoms with Crippen LogP contribution >= 0.6 is 0 Å². The van der Waals surface area contributed by atoms with Crippen LogP contribution in [-0.2, 0) is 4.79 Å². The third-order valence-corrected chi connectivity index (χ3v) is 4.48. The number of nitrogens with zero attached hydrogens (tertiary/aromatic N) is 3. The van der Waals surface area contributed by atoms with Crippen LogP contribution in [0.5, 0.6) is 0 Å². The number of aromatic nitrogens is 2. The fourth-order valence-electron chi connectivity index (χ4n) is 3.18. The van der Waals surface area contributed by atoms with Gasteiger partial charge in [-0.05, 0) is 45.1 Å². The molecule has 1 aliphatic rings. The van der Waals surface area contributed by atoms with Crippen molar-refractivity contribution < 1.29 is 14.7 Å². The first-order valence-electron chi connectivity index (χ1n) is 8.09. The maximum absolute atomic E-state index is 12.7. The molecule has 6 heteroatoms. The number of carbonyl (C=O) groups is 2. The van der Waals surface area contributed by atoms with Crippen LogP contribution in [0.1, 0.15) is 68.2 Å². The van der Waals surface area contributed by atoms with Crippen molar-refractivity contribution in [2.75, 3.05) is 6.54 Å². The first-order chi connectivity index (χ1) is 10.5. The Hall–Kier alpha value is -1.85. The number of aryl methyl sites for hydroxylation is 1. The molecule has 2 rings (SSSR count). The molecule has 1 aromatic heterocycles. The van der Waals surface area contributed by atoms with Crippen LogP contribution in [0.2, 0.25) is 0 Å². The van der Waals surface area contributed by atoms with Gasteiger partial charge in [-0.15, -0.1) is 0 Å². The molecule has 2 heterocycles. The Balaban J connectivity index is 2.25. The highest BCUT2D eigenvalue weighted by Crippen LogP contribution is 2.22. The number of aliphatic carboxylic acids is 1. The first kappa shape index (κ1) is 16.5. The lowest BCUT2D eigenvalue weighted by Crippen LogP contribution is -2.48. The number of carboxylic acids is 1. The SMILES string of the molecule is CCC(CC)n1nc(C(=O)N2CCCC[C@@H]2C(=O)O)cc1C. The molecule has 0 spiro atoms. The first-order valence-corrected chi connectivity index (χ1v) is 8.09. The summed E-state index contributed by atoms with van der Waals surface area (Å²) in [7, 11) is 0. The van der Waals surface area contributed by atoms with E-state index in [1.165, 1.54) is 4.90 Å². The van der Waals surface area contributed by atoms with Gasteiger partial charge in [-0.1, -0.05) is 13.8 Å². The summed E-state index contributed by atoms with van der Waals surface area (Å²) in [5, 5.41) is 13.8. The topological polar surface area (TPSA) is 75.4 Å². The molecular weight excluding hydrogens is 282 g/mol. The summed E-state index contributed by atoms with van der Waals surface area (Å²) in [5.74, 6) is -1.19. The fraction of sp³-hybridized carbons (Fsp3) is 0.688. The number of rotatable bonds is 5. The molecule has 1 fully saturated rings. The van der Waals surface area contributed by atoms with E-state index in [0.29, 0.717) is 18.7 Å². The number of amides is 1. The van der Waals surface area contributed by atoms with Crippen molar-refractivity contribution in [1.29, 1.82) is 0 Å². The van der Waals surface area contributed by atoms with Gasteiger partial charge in [-0.25, -0.2) is 4.79 Å². The van der Waals surface area contributed by atoms with Gasteiger partial charge in [0, 0.05) is 12.2 Å². The molecule has 0 bridgehead atoms. The summed E-state index contributed by atoms with van der Waals surface area (Å²) in [4.78, 5) is 25.5. The van der Waals surface area contributed by atoms with Gasteiger partial charge >= 0.3 is 5.97 Å². The number of hydrogen-bond acceptors (Lipinski definition) is 3. The molecular formula is C16H25N3O3. The Kier molecular flexibility index (Phi) is 5.21. The largest absolute Gasteiger partial charge is 0.480 e. The van der Waals surface area contributed by atoms with Gasteiger partial charge in [-0.2, -0.15) is 5.10 Å². The molecule has 0 unspecified atom stereocenters. The molecule has 0 radical (unpaired) electrons. The van der Waals surface area contributed by atoms with Gasteiger partial charge in [-0.3, -0.25) is 9.48 Å². The lowest BCUT2D eigenvalue weighted by atomic mass is 10.0. The van der Waals surface area contributed by atoms with E-state index in [-0.39, 0.29) is 11.9 Å². The van der Waals surface area contributed by atoms with Crippen LogP contribution in [0.4, 0.5) is 0 Å². The Bertz CT molecular complexity index is 549. The zero-order valence-corrected chi connectivity index (χ0v) is 13.6. The molecule has 1 atom stereocenters. The molecule has 22 heavy (non-hydrogen) atoms. The van der Waals surface area contributed by atoms with Crippen LogP contribution in [0, 0.1) is 6.92 Å². The monoisotopic (exact) mass is 307 g/mol. The summed E-state index contributed by atoms with van der Waals surface area (Å²) in [6.07, 6.45) is 4.12. The molecule has 122 valence electrons. The van der Waals surface area contributed by atoms with Crippen molar-refractivity contribution in [2.24, 2.45) is 0 Å². The predicted molar refractivity (Wildman–Crippen MR) is 82.9 cm³/mol. The van der Waals surface area contributed by atoms with Gasteiger partial charge in [0.2, 0.25) is 0 Å². The second-order valence-electron chi connectivity index (χ2n) is 5.93. The molecule has 0 saturated carbocycles. The number of likely N-dealkylation sites (tertiary alicyclic amines) is 1. The lowest BCUT2D eigenvalue weighted by Gasteiger charge is -2.32. The maximum Gasteiger partial charge on any atom is 0.326 e. The fourth-order valence-corrected chi connectivity index (χ4v) is 3.18. The molecule has 1 saturated heterocycles. The Labute approximate surface area is 131 Å². The number of piperidine rings is 1. The summed E-state index contributed by atoms with van der Waals surface area (Å²) in [6, 6.07) is 1.33. The van der Waals surface area contributed by atoms with Crippen LogP contribution < -0.4 is 0 Å². The summed E-state index contributed by atoms with van der Waals surface area (Å²) < 4.78 is 1.90. The number of carboxylic acid groups (broad SMARTS) is 1. The zero-order valence-electron chi connectivity index (χ0n) is 13.6. The quantitative estimate of drug-likeness (QED) is 0.907. The summed E-state index contributed by atoms with van der Waals surface area (Å²) in [5.41, 5.74) is 1.30. The van der Waals surface area contributed by atoms with Crippen molar-refractivity contribution >= 4 is 11.9 Å². The van der Waals surface area contributed by atoms with E-state index in [1.54, 1.807) is 6.07 Å². The third kappa shape index (κ3) is 3.15. The molecule has 1 aromatic rings. The smallest absolute Gasteiger partial charge is 0.326 e. The Morgan fingerprint density at radius 2 is 2.05 bits per heavy atom. The molecule has 1 amide bonds. The molecule has 0 aliphatic carbocycles. The van der Waals surface area contributed by atoms with E-state index in [1.807, 2.05) is 11.6 Å². The van der Waals surface area contributed by atoms with E-state index in [2.05, 4.69) is 18.9 Å². The third-order valence-electron chi connectivity index (χ3n) is 4.48. The van der Waals surface area contributed by atoms with E-state index in [4.69, 9.17) is 0 Å². The van der Waals surface area contributed by atoms with Crippen molar-refractivity contribution in [1.82, 2.24) is 14.7 Å². The van der Waals surface area contributed by atoms with Crippen LogP contribution in [0.15, 0.2) is 6.07 Å². The van der Waals surface area contributed by atoms with E-state index >= 15 is 0 Å². The molecule has 1 aliphatic heterocycles. The van der Waals surface area contributed by atoms with Crippen LogP contribution in [0.3, 0.4) is 0 Å². The Morgan fingerprint density at radius 1 is 1.36 bits per heavy atom. The van der Waals surface area contributed by atoms with Gasteiger partial charge in [0.15, 0.2) is 5.69 Å². The van der Waals surface area contributed by atoms with Gasteiger partial charge in [0.05, 0.1) is 6.04 Å². The average molecular weight is 307 g/mol. The van der Waals surface area contributed by atoms with Gasteiger partial charge in [0.25, 0.3) is 5.91 Å². The maximum atomic E-state index is 12.7. The minimum absolute atomic E-state index is 0.264. The lowest BCUT2D eigenvalue weighted by molar-refractivity contribution is -0.143. The summed E-state index contributed by atoms with van der Waals surface area (Å²) in [6.45, 7) is 6.63. The minimum atomic E-state index is -0.927. The molecule has 6 nitrogen and oxygen atoms in total. The number of hydrogen-bond donors (Lipinski definition) is 1. The normalized spacial score (nSPS) is 18.7. The highest BCUT2D eigenvalue weighted by molar-refractivity contribution is 5.95. The van der Waals surface area contributed by atoms with Crippen molar-refractivity contribution in [3.8, 4) is 0 Å². The second-order valence-corrected chi connectivity index (χ2v) is 5.93. The van der Waals surface area contributed by atoms with Crippen LogP contribution in [0.25, 0.3) is 0 Å². The van der Waals surface area contributed by atoms with Crippen molar-refractivity contribution in [3.05, 3.63) is 17.5 Å². The standard InChI is InChI=1S/C16H25N3O3/c1-4-12(5-2)19-11(3)10-13(17-19)15(20)18-9-7-6-8-14(18)16(21)22/h10,12,14H,4-9H2,1-3H3,(H,21,22)/t14-/m1/s1. The molecule has 0 aromatic carbocycles.